The van der Waals surface area contributed by atoms with Gasteiger partial charge in [-0.2, -0.15) is 0 Å². The minimum atomic E-state index is -1.68. The number of fused-ring (bicyclic) bond motifs is 1. The lowest BCUT2D eigenvalue weighted by atomic mass is 9.48. The first kappa shape index (κ1) is 13.2. The third-order valence-corrected chi connectivity index (χ3v) is 6.65. The largest absolute Gasteiger partial charge is 0.387 e. The molecule has 4 bridgehead atoms. The molecule has 5 aliphatic rings. The number of aliphatic hydroxyl groups is 3. The Balaban J connectivity index is 2.03. The zero-order valence-electron chi connectivity index (χ0n) is 12.1. The van der Waals surface area contributed by atoms with Crippen LogP contribution in [0.3, 0.4) is 0 Å². The highest BCUT2D eigenvalue weighted by Gasteiger charge is 2.77. The number of hydrogen-bond acceptors (Lipinski definition) is 5. The Hall–Kier alpha value is -0.460. The van der Waals surface area contributed by atoms with Gasteiger partial charge >= 0.3 is 0 Å². The molecule has 5 nitrogen and oxygen atoms in total. The van der Waals surface area contributed by atoms with Gasteiger partial charge in [0.2, 0.25) is 0 Å². The molecule has 0 amide bonds. The molecule has 4 fully saturated rings. The molecule has 3 saturated heterocycles. The van der Waals surface area contributed by atoms with Crippen molar-refractivity contribution in [1.29, 1.82) is 0 Å². The molecule has 1 spiro atoms. The summed E-state index contributed by atoms with van der Waals surface area (Å²) in [6, 6.07) is 0. The fourth-order valence-electron chi connectivity index (χ4n) is 5.03. The second kappa shape index (κ2) is 3.31. The second-order valence-electron chi connectivity index (χ2n) is 7.40. The summed E-state index contributed by atoms with van der Waals surface area (Å²) in [5.41, 5.74) is -1.72. The van der Waals surface area contributed by atoms with Gasteiger partial charge in [0, 0.05) is 17.3 Å². The summed E-state index contributed by atoms with van der Waals surface area (Å²) in [4.78, 5) is 0. The normalized spacial score (nSPS) is 64.1. The van der Waals surface area contributed by atoms with Gasteiger partial charge in [-0.1, -0.05) is 25.5 Å². The molecule has 7 atom stereocenters. The average molecular weight is 282 g/mol. The average Bonchev–Trinajstić information content (AvgIpc) is 2.64. The van der Waals surface area contributed by atoms with Crippen molar-refractivity contribution < 1.29 is 24.8 Å². The maximum absolute atomic E-state index is 11.0. The molecule has 3 N–H and O–H groups in total. The van der Waals surface area contributed by atoms with Crippen LogP contribution in [0.5, 0.6) is 0 Å². The fourth-order valence-corrected chi connectivity index (χ4v) is 5.03. The third-order valence-electron chi connectivity index (χ3n) is 6.65. The van der Waals surface area contributed by atoms with Crippen LogP contribution in [-0.4, -0.2) is 45.7 Å². The summed E-state index contributed by atoms with van der Waals surface area (Å²) in [5, 5.41) is 32.7. The molecule has 0 radical (unpaired) electrons. The monoisotopic (exact) mass is 282 g/mol. The van der Waals surface area contributed by atoms with E-state index in [4.69, 9.17) is 9.47 Å². The summed E-state index contributed by atoms with van der Waals surface area (Å²) >= 11 is 0. The van der Waals surface area contributed by atoms with E-state index < -0.39 is 34.6 Å². The van der Waals surface area contributed by atoms with Crippen molar-refractivity contribution >= 4 is 0 Å². The zero-order valence-corrected chi connectivity index (χ0v) is 12.1. The van der Waals surface area contributed by atoms with Crippen molar-refractivity contribution in [2.75, 3.05) is 6.61 Å². The maximum atomic E-state index is 11.0. The molecule has 0 aromatic carbocycles. The van der Waals surface area contributed by atoms with E-state index in [-0.39, 0.29) is 18.9 Å². The topological polar surface area (TPSA) is 79.2 Å². The minimum absolute atomic E-state index is 0.197. The number of aliphatic hydroxyl groups excluding tert-OH is 1. The van der Waals surface area contributed by atoms with Gasteiger partial charge in [0.1, 0.15) is 11.7 Å². The van der Waals surface area contributed by atoms with Crippen LogP contribution in [0.15, 0.2) is 11.6 Å². The minimum Gasteiger partial charge on any atom is -0.387 e. The SMILES string of the molecule is C[C@@H]1CC=C2[C@@]13C[C@@]1(O)O[C@@H](OC[C@]2(C)[C@@]1(C)O)[C@@H]3O. The molecule has 5 heteroatoms. The Morgan fingerprint density at radius 1 is 1.30 bits per heavy atom. The van der Waals surface area contributed by atoms with Crippen LogP contribution in [0.4, 0.5) is 0 Å². The number of allylic oxidation sites excluding steroid dienone is 1. The van der Waals surface area contributed by atoms with Gasteiger partial charge in [-0.3, -0.25) is 0 Å². The van der Waals surface area contributed by atoms with Gasteiger partial charge in [-0.25, -0.2) is 0 Å². The van der Waals surface area contributed by atoms with Gasteiger partial charge in [0.15, 0.2) is 12.1 Å². The third kappa shape index (κ3) is 1.05. The van der Waals surface area contributed by atoms with Gasteiger partial charge in [0.25, 0.3) is 0 Å². The van der Waals surface area contributed by atoms with E-state index in [1.165, 1.54) is 0 Å². The standard InChI is InChI=1S/C15H22O5/c1-8-4-5-9-12(2)7-19-11-10(16)14(8,9)6-15(18,20-11)13(12,3)17/h5,8,10-11,16-18H,4,6-7H2,1-3H3/t8-,10+,11-,12+,13-,14-,15-/m1/s1. The molecule has 0 aromatic heterocycles. The van der Waals surface area contributed by atoms with Crippen LogP contribution in [0.1, 0.15) is 33.6 Å². The molecule has 0 aromatic rings. The lowest BCUT2D eigenvalue weighted by molar-refractivity contribution is -0.407. The number of rotatable bonds is 0. The first-order valence-electron chi connectivity index (χ1n) is 7.32. The molecular weight excluding hydrogens is 260 g/mol. The van der Waals surface area contributed by atoms with E-state index in [9.17, 15) is 15.3 Å². The Morgan fingerprint density at radius 3 is 2.70 bits per heavy atom. The molecule has 0 unspecified atom stereocenters. The number of ether oxygens (including phenoxy) is 2. The summed E-state index contributed by atoms with van der Waals surface area (Å²) < 4.78 is 11.3. The van der Waals surface area contributed by atoms with E-state index in [1.807, 2.05) is 6.92 Å². The molecule has 112 valence electrons. The number of hydrogen-bond donors (Lipinski definition) is 3. The predicted molar refractivity (Wildman–Crippen MR) is 69.4 cm³/mol. The highest BCUT2D eigenvalue weighted by molar-refractivity contribution is 5.41. The first-order valence-corrected chi connectivity index (χ1v) is 7.32. The molecule has 20 heavy (non-hydrogen) atoms. The summed E-state index contributed by atoms with van der Waals surface area (Å²) in [6.45, 7) is 5.84. The lowest BCUT2D eigenvalue weighted by Crippen LogP contribution is -2.74. The van der Waals surface area contributed by atoms with Gasteiger partial charge in [-0.15, -0.1) is 0 Å². The van der Waals surface area contributed by atoms with Crippen LogP contribution in [0.2, 0.25) is 0 Å². The Kier molecular flexibility index (Phi) is 2.18. The predicted octanol–water partition coefficient (Wildman–Crippen LogP) is 0.536. The van der Waals surface area contributed by atoms with Crippen LogP contribution in [0, 0.1) is 16.7 Å². The van der Waals surface area contributed by atoms with Crippen molar-refractivity contribution in [3.63, 3.8) is 0 Å². The van der Waals surface area contributed by atoms with Gasteiger partial charge < -0.3 is 24.8 Å². The molecule has 3 heterocycles. The van der Waals surface area contributed by atoms with Crippen molar-refractivity contribution in [3.8, 4) is 0 Å². The quantitative estimate of drug-likeness (QED) is 0.565. The van der Waals surface area contributed by atoms with E-state index >= 15 is 0 Å². The molecule has 2 aliphatic carbocycles. The highest BCUT2D eigenvalue weighted by Crippen LogP contribution is 2.70. The van der Waals surface area contributed by atoms with Crippen LogP contribution in [0.25, 0.3) is 0 Å². The Labute approximate surface area is 118 Å². The summed E-state index contributed by atoms with van der Waals surface area (Å²) in [7, 11) is 0. The van der Waals surface area contributed by atoms with Crippen molar-refractivity contribution in [2.45, 2.75) is 57.4 Å². The lowest BCUT2D eigenvalue weighted by Gasteiger charge is -2.63. The summed E-state index contributed by atoms with van der Waals surface area (Å²) in [6.07, 6.45) is 1.51. The van der Waals surface area contributed by atoms with E-state index in [0.717, 1.165) is 12.0 Å². The van der Waals surface area contributed by atoms with Crippen LogP contribution < -0.4 is 0 Å². The van der Waals surface area contributed by atoms with Gasteiger partial charge in [-0.05, 0) is 19.3 Å². The van der Waals surface area contributed by atoms with E-state index in [2.05, 4.69) is 13.0 Å². The second-order valence-corrected chi connectivity index (χ2v) is 7.40. The summed E-state index contributed by atoms with van der Waals surface area (Å²) in [5.74, 6) is -1.49. The fraction of sp³-hybridized carbons (Fsp3) is 0.867. The molecule has 5 rings (SSSR count). The zero-order chi connectivity index (χ0) is 14.6. The van der Waals surface area contributed by atoms with Crippen LogP contribution >= 0.6 is 0 Å². The van der Waals surface area contributed by atoms with Crippen molar-refractivity contribution in [1.82, 2.24) is 0 Å². The first-order chi connectivity index (χ1) is 9.19. The van der Waals surface area contributed by atoms with Crippen LogP contribution in [-0.2, 0) is 9.47 Å². The van der Waals surface area contributed by atoms with Gasteiger partial charge in [0.05, 0.1) is 6.61 Å². The van der Waals surface area contributed by atoms with Crippen molar-refractivity contribution in [3.05, 3.63) is 11.6 Å². The smallest absolute Gasteiger partial charge is 0.199 e. The molecule has 1 saturated carbocycles. The van der Waals surface area contributed by atoms with Crippen molar-refractivity contribution in [2.24, 2.45) is 16.7 Å². The maximum Gasteiger partial charge on any atom is 0.199 e. The molecule has 3 aliphatic heterocycles. The Morgan fingerprint density at radius 2 is 2.00 bits per heavy atom. The van der Waals surface area contributed by atoms with E-state index in [0.29, 0.717) is 0 Å². The molecular formula is C15H22O5. The Bertz CT molecular complexity index is 514. The van der Waals surface area contributed by atoms with E-state index in [1.54, 1.807) is 6.92 Å². The highest BCUT2D eigenvalue weighted by atomic mass is 16.8.